The number of aromatic amines is 1. The zero-order chi connectivity index (χ0) is 20.5. The van der Waals surface area contributed by atoms with Crippen LogP contribution in [-0.2, 0) is 25.6 Å². The maximum Gasteiger partial charge on any atom is 0.322 e. The molecule has 12 nitrogen and oxygen atoms in total. The Hall–Kier alpha value is -2.99. The summed E-state index contributed by atoms with van der Waals surface area (Å²) in [5.74, 6) is -3.12. The second-order valence-electron chi connectivity index (χ2n) is 6.35. The van der Waals surface area contributed by atoms with Crippen molar-refractivity contribution in [1.29, 1.82) is 0 Å². The summed E-state index contributed by atoms with van der Waals surface area (Å²) in [5.41, 5.74) is 0.538. The van der Waals surface area contributed by atoms with Crippen LogP contribution in [0.4, 0.5) is 0 Å². The molecule has 154 valence electrons. The fourth-order valence-corrected chi connectivity index (χ4v) is 2.76. The van der Waals surface area contributed by atoms with Crippen LogP contribution in [0.3, 0.4) is 0 Å². The van der Waals surface area contributed by atoms with Gasteiger partial charge >= 0.3 is 5.97 Å². The first-order chi connectivity index (χ1) is 13.4. The minimum absolute atomic E-state index is 0.0213. The molecule has 1 fully saturated rings. The third-order valence-electron chi connectivity index (χ3n) is 4.22. The van der Waals surface area contributed by atoms with Gasteiger partial charge in [-0.2, -0.15) is 0 Å². The summed E-state index contributed by atoms with van der Waals surface area (Å²) in [6, 6.07) is -2.80. The number of carbonyl (C=O) groups excluding carboxylic acids is 3. The van der Waals surface area contributed by atoms with E-state index >= 15 is 0 Å². The van der Waals surface area contributed by atoms with Crippen LogP contribution >= 0.6 is 0 Å². The highest BCUT2D eigenvalue weighted by atomic mass is 16.4. The number of carbonyl (C=O) groups is 4. The fraction of sp³-hybridized carbons (Fsp3) is 0.562. The van der Waals surface area contributed by atoms with Crippen molar-refractivity contribution in [2.45, 2.75) is 37.4 Å². The lowest BCUT2D eigenvalue weighted by atomic mass is 10.1. The molecule has 0 saturated carbocycles. The zero-order valence-electron chi connectivity index (χ0n) is 15.1. The Balaban J connectivity index is 2.00. The minimum atomic E-state index is -1.24. The van der Waals surface area contributed by atoms with Gasteiger partial charge in [-0.15, -0.1) is 0 Å². The predicted octanol–water partition coefficient (Wildman–Crippen LogP) is -3.13. The number of rotatable bonds is 10. The van der Waals surface area contributed by atoms with E-state index in [1.54, 1.807) is 0 Å². The van der Waals surface area contributed by atoms with Crippen molar-refractivity contribution < 1.29 is 29.4 Å². The fourth-order valence-electron chi connectivity index (χ4n) is 2.76. The first-order valence-electron chi connectivity index (χ1n) is 8.82. The van der Waals surface area contributed by atoms with Crippen LogP contribution in [-0.4, -0.2) is 81.7 Å². The lowest BCUT2D eigenvalue weighted by Gasteiger charge is -2.22. The number of nitrogens with zero attached hydrogens (tertiary/aromatic N) is 1. The molecule has 0 aliphatic carbocycles. The Morgan fingerprint density at radius 1 is 1.21 bits per heavy atom. The van der Waals surface area contributed by atoms with Gasteiger partial charge in [0.2, 0.25) is 17.7 Å². The second-order valence-corrected chi connectivity index (χ2v) is 6.35. The van der Waals surface area contributed by atoms with Gasteiger partial charge < -0.3 is 36.5 Å². The van der Waals surface area contributed by atoms with E-state index in [1.165, 1.54) is 12.5 Å². The lowest BCUT2D eigenvalue weighted by Crippen LogP contribution is -2.57. The Bertz CT molecular complexity index is 688. The van der Waals surface area contributed by atoms with Crippen molar-refractivity contribution in [3.8, 4) is 0 Å². The summed E-state index contributed by atoms with van der Waals surface area (Å²) in [6.45, 7) is -0.566. The molecule has 28 heavy (non-hydrogen) atoms. The number of carboxylic acids is 1. The molecule has 1 saturated heterocycles. The smallest absolute Gasteiger partial charge is 0.322 e. The zero-order valence-corrected chi connectivity index (χ0v) is 15.1. The summed E-state index contributed by atoms with van der Waals surface area (Å²) < 4.78 is 0. The molecular formula is C16H24N6O6. The molecule has 3 unspecified atom stereocenters. The van der Waals surface area contributed by atoms with Gasteiger partial charge in [0.25, 0.3) is 0 Å². The standard InChI is InChI=1S/C16H24N6O6/c23-7-12(22-15(27)10-2-1-3-18-10)16(28)21-11(4-9-5-17-8-20-9)14(26)19-6-13(24)25/h5,8,10-12,18,23H,1-4,6-7H2,(H,17,20)(H,19,26)(H,21,28)(H,22,27)(H,24,25). The Kier molecular flexibility index (Phi) is 7.89. The van der Waals surface area contributed by atoms with Gasteiger partial charge in [0.05, 0.1) is 19.0 Å². The summed E-state index contributed by atoms with van der Waals surface area (Å²) >= 11 is 0. The van der Waals surface area contributed by atoms with Gasteiger partial charge in [0.15, 0.2) is 0 Å². The molecule has 7 N–H and O–H groups in total. The molecule has 2 heterocycles. The number of hydrogen-bond donors (Lipinski definition) is 7. The molecule has 0 bridgehead atoms. The van der Waals surface area contributed by atoms with E-state index in [1.807, 2.05) is 0 Å². The second kappa shape index (κ2) is 10.4. The van der Waals surface area contributed by atoms with Crippen LogP contribution in [0.15, 0.2) is 12.5 Å². The van der Waals surface area contributed by atoms with Crippen LogP contribution in [0.1, 0.15) is 18.5 Å². The van der Waals surface area contributed by atoms with E-state index in [2.05, 4.69) is 31.2 Å². The Morgan fingerprint density at radius 3 is 2.57 bits per heavy atom. The number of carboxylic acid groups (broad SMARTS) is 1. The topological polar surface area (TPSA) is 186 Å². The largest absolute Gasteiger partial charge is 0.480 e. The molecule has 1 aliphatic heterocycles. The van der Waals surface area contributed by atoms with Crippen LogP contribution < -0.4 is 21.3 Å². The molecule has 0 spiro atoms. The van der Waals surface area contributed by atoms with Crippen molar-refractivity contribution in [2.24, 2.45) is 0 Å². The quantitative estimate of drug-likeness (QED) is 0.216. The van der Waals surface area contributed by atoms with Crippen molar-refractivity contribution in [1.82, 2.24) is 31.2 Å². The van der Waals surface area contributed by atoms with Crippen LogP contribution in [0.2, 0.25) is 0 Å². The van der Waals surface area contributed by atoms with E-state index in [9.17, 15) is 24.3 Å². The lowest BCUT2D eigenvalue weighted by molar-refractivity contribution is -0.138. The number of aromatic nitrogens is 2. The number of hydrogen-bond acceptors (Lipinski definition) is 7. The van der Waals surface area contributed by atoms with Gasteiger partial charge in [-0.05, 0) is 19.4 Å². The average molecular weight is 396 g/mol. The maximum atomic E-state index is 12.5. The highest BCUT2D eigenvalue weighted by molar-refractivity contribution is 5.93. The maximum absolute atomic E-state index is 12.5. The van der Waals surface area contributed by atoms with E-state index < -0.39 is 55.0 Å². The van der Waals surface area contributed by atoms with Crippen molar-refractivity contribution >= 4 is 23.7 Å². The molecule has 1 aromatic heterocycles. The number of aliphatic hydroxyl groups excluding tert-OH is 1. The normalized spacial score (nSPS) is 18.1. The molecule has 3 atom stereocenters. The van der Waals surface area contributed by atoms with Gasteiger partial charge in [0.1, 0.15) is 18.6 Å². The van der Waals surface area contributed by atoms with Gasteiger partial charge in [-0.25, -0.2) is 4.98 Å². The minimum Gasteiger partial charge on any atom is -0.480 e. The molecule has 2 rings (SSSR count). The molecule has 0 radical (unpaired) electrons. The van der Waals surface area contributed by atoms with E-state index in [0.29, 0.717) is 18.7 Å². The predicted molar refractivity (Wildman–Crippen MR) is 94.9 cm³/mol. The summed E-state index contributed by atoms with van der Waals surface area (Å²) in [4.78, 5) is 54.2. The van der Waals surface area contributed by atoms with Gasteiger partial charge in [0, 0.05) is 18.3 Å². The Labute approximate surface area is 160 Å². The number of nitrogens with one attached hydrogen (secondary N) is 5. The third-order valence-corrected chi connectivity index (χ3v) is 4.22. The van der Waals surface area contributed by atoms with E-state index in [4.69, 9.17) is 5.11 Å². The van der Waals surface area contributed by atoms with Gasteiger partial charge in [-0.1, -0.05) is 0 Å². The SMILES string of the molecule is O=C(O)CNC(=O)C(Cc1cnc[nH]1)NC(=O)C(CO)NC(=O)C1CCCN1. The van der Waals surface area contributed by atoms with Crippen molar-refractivity contribution in [3.05, 3.63) is 18.2 Å². The van der Waals surface area contributed by atoms with Gasteiger partial charge in [-0.3, -0.25) is 19.2 Å². The van der Waals surface area contributed by atoms with Crippen molar-refractivity contribution in [2.75, 3.05) is 19.7 Å². The molecule has 0 aromatic carbocycles. The molecule has 3 amide bonds. The average Bonchev–Trinajstić information content (AvgIpc) is 3.37. The first-order valence-corrected chi connectivity index (χ1v) is 8.82. The molecule has 1 aliphatic rings. The number of aliphatic carboxylic acids is 1. The third kappa shape index (κ3) is 6.32. The molecule has 12 heteroatoms. The summed E-state index contributed by atoms with van der Waals surface area (Å²) in [7, 11) is 0. The first kappa shape index (κ1) is 21.3. The van der Waals surface area contributed by atoms with E-state index in [-0.39, 0.29) is 6.42 Å². The number of imidazole rings is 1. The monoisotopic (exact) mass is 396 g/mol. The van der Waals surface area contributed by atoms with E-state index in [0.717, 1.165) is 6.42 Å². The van der Waals surface area contributed by atoms with Crippen molar-refractivity contribution in [3.63, 3.8) is 0 Å². The Morgan fingerprint density at radius 2 is 2.00 bits per heavy atom. The number of amides is 3. The molecular weight excluding hydrogens is 372 g/mol. The number of aliphatic hydroxyl groups is 1. The van der Waals surface area contributed by atoms with Crippen LogP contribution in [0.25, 0.3) is 0 Å². The summed E-state index contributed by atoms with van der Waals surface area (Å²) in [5, 5.41) is 28.3. The highest BCUT2D eigenvalue weighted by Crippen LogP contribution is 2.05. The number of H-pyrrole nitrogens is 1. The summed E-state index contributed by atoms with van der Waals surface area (Å²) in [6.07, 6.45) is 4.35. The van der Waals surface area contributed by atoms with Crippen LogP contribution in [0.5, 0.6) is 0 Å². The molecule has 1 aromatic rings. The highest BCUT2D eigenvalue weighted by Gasteiger charge is 2.30. The van der Waals surface area contributed by atoms with Crippen LogP contribution in [0, 0.1) is 0 Å².